The molecule has 2 aromatic rings. The average molecular weight is 456 g/mol. The van der Waals surface area contributed by atoms with Gasteiger partial charge in [0.25, 0.3) is 0 Å². The van der Waals surface area contributed by atoms with E-state index in [2.05, 4.69) is 5.32 Å². The zero-order valence-electron chi connectivity index (χ0n) is 17.4. The summed E-state index contributed by atoms with van der Waals surface area (Å²) in [5.74, 6) is -1.01. The molecule has 0 radical (unpaired) electrons. The van der Waals surface area contributed by atoms with Gasteiger partial charge in [0.1, 0.15) is 0 Å². The second-order valence-electron chi connectivity index (χ2n) is 7.79. The molecule has 0 saturated heterocycles. The molecule has 0 aromatic heterocycles. The number of Topliss-reactive ketones (excluding diaryl/α,β-unsaturated/α-hetero) is 1. The Kier molecular flexibility index (Phi) is 6.22. The lowest BCUT2D eigenvalue weighted by molar-refractivity contribution is -0.138. The van der Waals surface area contributed by atoms with Crippen LogP contribution in [0.2, 0.25) is 10.0 Å². The van der Waals surface area contributed by atoms with Crippen molar-refractivity contribution in [3.05, 3.63) is 92.2 Å². The highest BCUT2D eigenvalue weighted by Crippen LogP contribution is 2.48. The molecule has 0 amide bonds. The number of halogens is 2. The van der Waals surface area contributed by atoms with Gasteiger partial charge >= 0.3 is 5.97 Å². The Morgan fingerprint density at radius 2 is 1.84 bits per heavy atom. The lowest BCUT2D eigenvalue weighted by Gasteiger charge is -2.37. The predicted octanol–water partition coefficient (Wildman–Crippen LogP) is 5.92. The maximum absolute atomic E-state index is 13.5. The number of carbonyl (C=O) groups excluding carboxylic acids is 2. The van der Waals surface area contributed by atoms with Crippen LogP contribution in [0.1, 0.15) is 49.7 Å². The Morgan fingerprint density at radius 1 is 1.10 bits per heavy atom. The van der Waals surface area contributed by atoms with E-state index in [0.29, 0.717) is 45.3 Å². The van der Waals surface area contributed by atoms with Crippen molar-refractivity contribution in [1.29, 1.82) is 0 Å². The minimum atomic E-state index is -0.620. The highest BCUT2D eigenvalue weighted by molar-refractivity contribution is 6.42. The molecule has 2 aromatic carbocycles. The zero-order chi connectivity index (χ0) is 22.1. The molecule has 1 N–H and O–H groups in total. The number of hydrogen-bond acceptors (Lipinski definition) is 4. The Hall–Kier alpha value is -2.56. The maximum Gasteiger partial charge on any atom is 0.336 e. The lowest BCUT2D eigenvalue weighted by atomic mass is 9.71. The molecule has 0 bridgehead atoms. The minimum Gasteiger partial charge on any atom is -0.463 e. The Balaban J connectivity index is 1.85. The molecular weight excluding hydrogens is 433 g/mol. The third-order valence-corrected chi connectivity index (χ3v) is 6.72. The summed E-state index contributed by atoms with van der Waals surface area (Å²) < 4.78 is 5.33. The molecule has 2 unspecified atom stereocenters. The van der Waals surface area contributed by atoms with Crippen molar-refractivity contribution in [3.8, 4) is 0 Å². The fraction of sp³-hybridized carbons (Fsp3) is 0.280. The van der Waals surface area contributed by atoms with Crippen molar-refractivity contribution in [3.63, 3.8) is 0 Å². The number of carbonyl (C=O) groups is 2. The van der Waals surface area contributed by atoms with Gasteiger partial charge in [0.15, 0.2) is 5.78 Å². The SMILES string of the molecule is CCOC(=O)C1=C(C)NC2=C(C(=O)CC(c3ccccc3)C2)C1c1cccc(Cl)c1Cl. The molecule has 4 rings (SSSR count). The summed E-state index contributed by atoms with van der Waals surface area (Å²) in [4.78, 5) is 26.4. The second-order valence-corrected chi connectivity index (χ2v) is 8.58. The van der Waals surface area contributed by atoms with Crippen LogP contribution < -0.4 is 5.32 Å². The number of dihydropyridines is 1. The summed E-state index contributed by atoms with van der Waals surface area (Å²) in [7, 11) is 0. The van der Waals surface area contributed by atoms with Crippen LogP contribution in [0.15, 0.2) is 71.1 Å². The molecule has 2 atom stereocenters. The second kappa shape index (κ2) is 8.89. The zero-order valence-corrected chi connectivity index (χ0v) is 18.9. The standard InChI is InChI=1S/C25H23Cl2NO3/c1-3-31-25(30)21-14(2)28-19-12-16(15-8-5-4-6-9-15)13-20(29)23(19)22(21)17-10-7-11-18(26)24(17)27/h4-11,16,22,28H,3,12-13H2,1-2H3. The largest absolute Gasteiger partial charge is 0.463 e. The summed E-state index contributed by atoms with van der Waals surface area (Å²) >= 11 is 12.9. The highest BCUT2D eigenvalue weighted by Gasteiger charge is 2.42. The molecule has 6 heteroatoms. The molecule has 0 saturated carbocycles. The third-order valence-electron chi connectivity index (χ3n) is 5.89. The maximum atomic E-state index is 13.5. The van der Waals surface area contributed by atoms with E-state index in [9.17, 15) is 9.59 Å². The van der Waals surface area contributed by atoms with Crippen molar-refractivity contribution in [1.82, 2.24) is 5.32 Å². The predicted molar refractivity (Wildman–Crippen MR) is 122 cm³/mol. The molecule has 4 nitrogen and oxygen atoms in total. The first-order valence-corrected chi connectivity index (χ1v) is 11.1. The quantitative estimate of drug-likeness (QED) is 0.581. The average Bonchev–Trinajstić information content (AvgIpc) is 2.75. The Labute approximate surface area is 191 Å². The minimum absolute atomic E-state index is 0.00190. The number of benzene rings is 2. The van der Waals surface area contributed by atoms with E-state index in [-0.39, 0.29) is 18.3 Å². The Morgan fingerprint density at radius 3 is 2.55 bits per heavy atom. The van der Waals surface area contributed by atoms with Crippen LogP contribution in [0, 0.1) is 0 Å². The summed E-state index contributed by atoms with van der Waals surface area (Å²) in [6.07, 6.45) is 1.04. The topological polar surface area (TPSA) is 55.4 Å². The van der Waals surface area contributed by atoms with Gasteiger partial charge in [0, 0.05) is 29.3 Å². The van der Waals surface area contributed by atoms with Crippen molar-refractivity contribution in [2.45, 2.75) is 38.5 Å². The van der Waals surface area contributed by atoms with E-state index in [1.54, 1.807) is 19.1 Å². The number of ketones is 1. The van der Waals surface area contributed by atoms with Crippen molar-refractivity contribution in [2.24, 2.45) is 0 Å². The summed E-state index contributed by atoms with van der Waals surface area (Å²) in [5.41, 5.74) is 4.23. The van der Waals surface area contributed by atoms with E-state index in [1.165, 1.54) is 0 Å². The first-order chi connectivity index (χ1) is 14.9. The molecule has 2 aliphatic rings. The fourth-order valence-electron chi connectivity index (χ4n) is 4.53. The van der Waals surface area contributed by atoms with Gasteiger partial charge < -0.3 is 10.1 Å². The van der Waals surface area contributed by atoms with E-state index >= 15 is 0 Å². The molecule has 0 spiro atoms. The van der Waals surface area contributed by atoms with Crippen LogP contribution in [0.5, 0.6) is 0 Å². The van der Waals surface area contributed by atoms with Gasteiger partial charge in [-0.15, -0.1) is 0 Å². The van der Waals surface area contributed by atoms with Crippen LogP contribution in [0.4, 0.5) is 0 Å². The van der Waals surface area contributed by atoms with Crippen LogP contribution in [-0.4, -0.2) is 18.4 Å². The van der Waals surface area contributed by atoms with E-state index < -0.39 is 11.9 Å². The molecule has 31 heavy (non-hydrogen) atoms. The van der Waals surface area contributed by atoms with Gasteiger partial charge in [-0.3, -0.25) is 4.79 Å². The van der Waals surface area contributed by atoms with Gasteiger partial charge in [-0.1, -0.05) is 65.7 Å². The molecule has 1 aliphatic heterocycles. The molecule has 0 fully saturated rings. The summed E-state index contributed by atoms with van der Waals surface area (Å²) in [6, 6.07) is 15.3. The lowest BCUT2D eigenvalue weighted by Crippen LogP contribution is -2.36. The van der Waals surface area contributed by atoms with Crippen molar-refractivity contribution >= 4 is 35.0 Å². The molecule has 160 valence electrons. The van der Waals surface area contributed by atoms with Gasteiger partial charge in [-0.25, -0.2) is 4.79 Å². The number of hydrogen-bond donors (Lipinski definition) is 1. The van der Waals surface area contributed by atoms with E-state index in [0.717, 1.165) is 11.3 Å². The number of nitrogens with one attached hydrogen (secondary N) is 1. The van der Waals surface area contributed by atoms with Crippen molar-refractivity contribution in [2.75, 3.05) is 6.61 Å². The molecule has 1 aliphatic carbocycles. The van der Waals surface area contributed by atoms with E-state index in [1.807, 2.05) is 43.3 Å². The first kappa shape index (κ1) is 21.7. The van der Waals surface area contributed by atoms with Crippen LogP contribution in [0.25, 0.3) is 0 Å². The summed E-state index contributed by atoms with van der Waals surface area (Å²) in [5, 5.41) is 4.06. The van der Waals surface area contributed by atoms with E-state index in [4.69, 9.17) is 27.9 Å². The number of rotatable bonds is 4. The summed E-state index contributed by atoms with van der Waals surface area (Å²) in [6.45, 7) is 3.83. The van der Waals surface area contributed by atoms with Crippen LogP contribution >= 0.6 is 23.2 Å². The number of allylic oxidation sites excluding steroid dienone is 3. The van der Waals surface area contributed by atoms with Gasteiger partial charge in [0.05, 0.1) is 22.2 Å². The fourth-order valence-corrected chi connectivity index (χ4v) is 4.95. The smallest absolute Gasteiger partial charge is 0.336 e. The van der Waals surface area contributed by atoms with Gasteiger partial charge in [-0.05, 0) is 43.4 Å². The Bertz CT molecular complexity index is 1110. The van der Waals surface area contributed by atoms with Gasteiger partial charge in [0.2, 0.25) is 0 Å². The van der Waals surface area contributed by atoms with Crippen LogP contribution in [0.3, 0.4) is 0 Å². The number of esters is 1. The molecule has 1 heterocycles. The normalized spacial score (nSPS) is 21.0. The highest BCUT2D eigenvalue weighted by atomic mass is 35.5. The third kappa shape index (κ3) is 4.02. The number of ether oxygens (including phenoxy) is 1. The first-order valence-electron chi connectivity index (χ1n) is 10.3. The molecular formula is C25H23Cl2NO3. The monoisotopic (exact) mass is 455 g/mol. The van der Waals surface area contributed by atoms with Gasteiger partial charge in [-0.2, -0.15) is 0 Å². The van der Waals surface area contributed by atoms with Crippen molar-refractivity contribution < 1.29 is 14.3 Å². The van der Waals surface area contributed by atoms with Crippen LogP contribution in [-0.2, 0) is 14.3 Å².